The number of rotatable bonds is 2. The summed E-state index contributed by atoms with van der Waals surface area (Å²) in [6.07, 6.45) is 1.81. The number of aromatic nitrogens is 2. The molecule has 0 atom stereocenters. The Kier molecular flexibility index (Phi) is 2.73. The molecule has 0 aliphatic rings. The van der Waals surface area contributed by atoms with Crippen LogP contribution in [0.2, 0.25) is 0 Å². The lowest BCUT2D eigenvalue weighted by atomic mass is 10.2. The van der Waals surface area contributed by atoms with E-state index in [9.17, 15) is 4.39 Å². The first kappa shape index (κ1) is 10.2. The molecule has 0 saturated carbocycles. The number of benzene rings is 1. The molecule has 4 heteroatoms. The summed E-state index contributed by atoms with van der Waals surface area (Å²) in [7, 11) is 0. The first-order chi connectivity index (χ1) is 7.20. The molecule has 0 N–H and O–H groups in total. The number of hydrogen-bond donors (Lipinski definition) is 0. The van der Waals surface area contributed by atoms with Gasteiger partial charge in [-0.1, -0.05) is 0 Å². The smallest absolute Gasteiger partial charge is 0.126 e. The van der Waals surface area contributed by atoms with Gasteiger partial charge in [0.2, 0.25) is 0 Å². The second-order valence-corrected chi connectivity index (χ2v) is 3.59. The van der Waals surface area contributed by atoms with E-state index in [1.165, 1.54) is 6.07 Å². The van der Waals surface area contributed by atoms with Gasteiger partial charge in [0, 0.05) is 6.20 Å². The van der Waals surface area contributed by atoms with Crippen LogP contribution in [-0.2, 0) is 5.88 Å². The molecule has 1 aromatic carbocycles. The third-order valence-electron chi connectivity index (χ3n) is 2.19. The number of alkyl halides is 1. The highest BCUT2D eigenvalue weighted by molar-refractivity contribution is 6.16. The summed E-state index contributed by atoms with van der Waals surface area (Å²) >= 11 is 5.65. The molecule has 0 fully saturated rings. The first-order valence-corrected chi connectivity index (χ1v) is 5.11. The molecule has 0 bridgehead atoms. The minimum absolute atomic E-state index is 0.205. The van der Waals surface area contributed by atoms with Crippen LogP contribution in [0.15, 0.2) is 30.5 Å². The van der Waals surface area contributed by atoms with E-state index >= 15 is 0 Å². The van der Waals surface area contributed by atoms with Gasteiger partial charge in [-0.05, 0) is 36.8 Å². The summed E-state index contributed by atoms with van der Waals surface area (Å²) in [6.45, 7) is 1.73. The molecule has 2 aromatic rings. The Labute approximate surface area is 92.3 Å². The maximum atomic E-state index is 13.0. The van der Waals surface area contributed by atoms with Crippen molar-refractivity contribution in [1.29, 1.82) is 0 Å². The van der Waals surface area contributed by atoms with Crippen LogP contribution in [0.3, 0.4) is 0 Å². The minimum atomic E-state index is -0.205. The molecule has 1 aromatic heterocycles. The highest BCUT2D eigenvalue weighted by atomic mass is 35.5. The van der Waals surface area contributed by atoms with Gasteiger partial charge in [-0.2, -0.15) is 5.10 Å². The molecule has 2 rings (SSSR count). The second kappa shape index (κ2) is 4.03. The van der Waals surface area contributed by atoms with Crippen molar-refractivity contribution < 1.29 is 4.39 Å². The van der Waals surface area contributed by atoms with Gasteiger partial charge in [0.15, 0.2) is 0 Å². The maximum Gasteiger partial charge on any atom is 0.126 e. The van der Waals surface area contributed by atoms with E-state index in [0.29, 0.717) is 11.4 Å². The monoisotopic (exact) mass is 224 g/mol. The zero-order valence-electron chi connectivity index (χ0n) is 8.24. The van der Waals surface area contributed by atoms with Gasteiger partial charge in [0.1, 0.15) is 5.82 Å². The maximum absolute atomic E-state index is 13.0. The lowest BCUT2D eigenvalue weighted by Crippen LogP contribution is -1.96. The van der Waals surface area contributed by atoms with Crippen molar-refractivity contribution in [3.05, 3.63) is 47.5 Å². The lowest BCUT2D eigenvalue weighted by Gasteiger charge is -2.03. The largest absolute Gasteiger partial charge is 0.241 e. The zero-order valence-corrected chi connectivity index (χ0v) is 9.00. The molecular weight excluding hydrogens is 215 g/mol. The molecule has 0 aliphatic carbocycles. The van der Waals surface area contributed by atoms with Crippen molar-refractivity contribution in [2.75, 3.05) is 0 Å². The van der Waals surface area contributed by atoms with E-state index in [-0.39, 0.29) is 5.82 Å². The van der Waals surface area contributed by atoms with E-state index < -0.39 is 0 Å². The highest BCUT2D eigenvalue weighted by Gasteiger charge is 2.02. The summed E-state index contributed by atoms with van der Waals surface area (Å²) < 4.78 is 14.7. The van der Waals surface area contributed by atoms with E-state index in [2.05, 4.69) is 5.10 Å². The number of aryl methyl sites for hydroxylation is 1. The van der Waals surface area contributed by atoms with Crippen molar-refractivity contribution >= 4 is 11.6 Å². The van der Waals surface area contributed by atoms with Crippen LogP contribution in [0.5, 0.6) is 0 Å². The van der Waals surface area contributed by atoms with Crippen LogP contribution < -0.4 is 0 Å². The number of hydrogen-bond acceptors (Lipinski definition) is 1. The Hall–Kier alpha value is -1.35. The van der Waals surface area contributed by atoms with Gasteiger partial charge in [-0.25, -0.2) is 9.07 Å². The van der Waals surface area contributed by atoms with Crippen molar-refractivity contribution in [3.8, 4) is 5.69 Å². The van der Waals surface area contributed by atoms with Crippen LogP contribution in [0.4, 0.5) is 4.39 Å². The van der Waals surface area contributed by atoms with Crippen LogP contribution >= 0.6 is 11.6 Å². The van der Waals surface area contributed by atoms with Crippen LogP contribution in [0.1, 0.15) is 11.3 Å². The Morgan fingerprint density at radius 2 is 2.20 bits per heavy atom. The molecule has 0 spiro atoms. The van der Waals surface area contributed by atoms with E-state index in [1.54, 1.807) is 23.7 Å². The second-order valence-electron chi connectivity index (χ2n) is 3.32. The quantitative estimate of drug-likeness (QED) is 0.717. The molecule has 0 radical (unpaired) electrons. The van der Waals surface area contributed by atoms with E-state index in [1.807, 2.05) is 12.3 Å². The Balaban J connectivity index is 2.40. The van der Waals surface area contributed by atoms with Gasteiger partial charge < -0.3 is 0 Å². The predicted molar refractivity (Wildman–Crippen MR) is 57.8 cm³/mol. The molecule has 0 aliphatic heterocycles. The fourth-order valence-corrected chi connectivity index (χ4v) is 1.49. The number of nitrogens with zero attached hydrogens (tertiary/aromatic N) is 2. The standard InChI is InChI=1S/C11H10ClFN2/c1-8-6-10(2-3-11(8)13)15-5-4-9(7-12)14-15/h2-6H,7H2,1H3. The normalized spacial score (nSPS) is 10.6. The fourth-order valence-electron chi connectivity index (χ4n) is 1.35. The van der Waals surface area contributed by atoms with Gasteiger partial charge in [0.05, 0.1) is 17.3 Å². The van der Waals surface area contributed by atoms with Crippen LogP contribution in [0.25, 0.3) is 5.69 Å². The van der Waals surface area contributed by atoms with E-state index in [0.717, 1.165) is 11.4 Å². The van der Waals surface area contributed by atoms with Crippen molar-refractivity contribution in [2.45, 2.75) is 12.8 Å². The zero-order chi connectivity index (χ0) is 10.8. The predicted octanol–water partition coefficient (Wildman–Crippen LogP) is 3.06. The van der Waals surface area contributed by atoms with Gasteiger partial charge >= 0.3 is 0 Å². The van der Waals surface area contributed by atoms with Gasteiger partial charge in [-0.3, -0.25) is 0 Å². The lowest BCUT2D eigenvalue weighted by molar-refractivity contribution is 0.617. The van der Waals surface area contributed by atoms with Crippen LogP contribution in [-0.4, -0.2) is 9.78 Å². The SMILES string of the molecule is Cc1cc(-n2ccc(CCl)n2)ccc1F. The fraction of sp³-hybridized carbons (Fsp3) is 0.182. The third kappa shape index (κ3) is 2.02. The summed E-state index contributed by atoms with van der Waals surface area (Å²) in [5, 5.41) is 4.23. The van der Waals surface area contributed by atoms with Gasteiger partial charge in [-0.15, -0.1) is 11.6 Å². The average Bonchev–Trinajstić information content (AvgIpc) is 2.70. The molecule has 78 valence electrons. The average molecular weight is 225 g/mol. The summed E-state index contributed by atoms with van der Waals surface area (Å²) in [6, 6.07) is 6.71. The first-order valence-electron chi connectivity index (χ1n) is 4.58. The molecule has 0 amide bonds. The van der Waals surface area contributed by atoms with Crippen molar-refractivity contribution in [3.63, 3.8) is 0 Å². The molecule has 0 unspecified atom stereocenters. The highest BCUT2D eigenvalue weighted by Crippen LogP contribution is 2.13. The Morgan fingerprint density at radius 3 is 2.80 bits per heavy atom. The van der Waals surface area contributed by atoms with E-state index in [4.69, 9.17) is 11.6 Å². The Morgan fingerprint density at radius 1 is 1.40 bits per heavy atom. The van der Waals surface area contributed by atoms with Gasteiger partial charge in [0.25, 0.3) is 0 Å². The minimum Gasteiger partial charge on any atom is -0.241 e. The number of halogens is 2. The van der Waals surface area contributed by atoms with Crippen molar-refractivity contribution in [1.82, 2.24) is 9.78 Å². The molecular formula is C11H10ClFN2. The van der Waals surface area contributed by atoms with Crippen LogP contribution in [0, 0.1) is 12.7 Å². The molecule has 1 heterocycles. The molecule has 2 nitrogen and oxygen atoms in total. The third-order valence-corrected chi connectivity index (χ3v) is 2.46. The molecule has 0 saturated heterocycles. The topological polar surface area (TPSA) is 17.8 Å². The summed E-state index contributed by atoms with van der Waals surface area (Å²) in [5.74, 6) is 0.177. The Bertz CT molecular complexity index is 479. The summed E-state index contributed by atoms with van der Waals surface area (Å²) in [4.78, 5) is 0. The molecule has 15 heavy (non-hydrogen) atoms. The summed E-state index contributed by atoms with van der Waals surface area (Å²) in [5.41, 5.74) is 2.25. The van der Waals surface area contributed by atoms with Crippen molar-refractivity contribution in [2.24, 2.45) is 0 Å².